The molecule has 3 nitrogen and oxygen atoms in total. The topological polar surface area (TPSA) is 57.5 Å². The summed E-state index contributed by atoms with van der Waals surface area (Å²) in [6.45, 7) is 6.33. The van der Waals surface area contributed by atoms with Crippen LogP contribution < -0.4 is 0 Å². The van der Waals surface area contributed by atoms with Crippen molar-refractivity contribution in [3.05, 3.63) is 11.6 Å². The van der Waals surface area contributed by atoms with Gasteiger partial charge in [0.15, 0.2) is 0 Å². The Morgan fingerprint density at radius 2 is 1.96 bits per heavy atom. The number of hydrogen-bond acceptors (Lipinski definition) is 3. The van der Waals surface area contributed by atoms with E-state index in [1.54, 1.807) is 6.92 Å². The number of hydrogen-bond donors (Lipinski definition) is 2. The molecule has 3 saturated carbocycles. The van der Waals surface area contributed by atoms with Gasteiger partial charge in [0.1, 0.15) is 5.78 Å². The van der Waals surface area contributed by atoms with Crippen LogP contribution in [0.5, 0.6) is 0 Å². The van der Waals surface area contributed by atoms with Crippen LogP contribution in [-0.2, 0) is 4.79 Å². The van der Waals surface area contributed by atoms with Gasteiger partial charge in [-0.3, -0.25) is 4.79 Å². The van der Waals surface area contributed by atoms with Gasteiger partial charge < -0.3 is 10.2 Å². The number of ketones is 1. The lowest BCUT2D eigenvalue weighted by atomic mass is 9.46. The van der Waals surface area contributed by atoms with Gasteiger partial charge in [0.05, 0.1) is 12.2 Å². The Morgan fingerprint density at radius 3 is 2.67 bits per heavy atom. The SMILES string of the molecule is CC(=O)[C@H]1CCC2[C@@H]3CC=C4C[C@@H](O)CC[C@]4(C)[C@H]3[C@@H](O)C[C@@]21C. The second-order valence-corrected chi connectivity index (χ2v) is 9.59. The van der Waals surface area contributed by atoms with Gasteiger partial charge in [-0.1, -0.05) is 25.5 Å². The van der Waals surface area contributed by atoms with Gasteiger partial charge >= 0.3 is 0 Å². The summed E-state index contributed by atoms with van der Waals surface area (Å²) in [5.74, 6) is 1.79. The molecule has 3 fully saturated rings. The lowest BCUT2D eigenvalue weighted by Gasteiger charge is -2.59. The first-order chi connectivity index (χ1) is 11.3. The quantitative estimate of drug-likeness (QED) is 0.723. The molecule has 1 unspecified atom stereocenters. The van der Waals surface area contributed by atoms with E-state index in [4.69, 9.17) is 0 Å². The van der Waals surface area contributed by atoms with Crippen molar-refractivity contribution in [3.8, 4) is 0 Å². The number of Topliss-reactive ketones (excluding diaryl/α,β-unsaturated/α-hetero) is 1. The number of aliphatic hydroxyl groups excluding tert-OH is 2. The number of allylic oxidation sites excluding steroid dienone is 1. The molecule has 0 aliphatic heterocycles. The van der Waals surface area contributed by atoms with Gasteiger partial charge in [0, 0.05) is 5.92 Å². The summed E-state index contributed by atoms with van der Waals surface area (Å²) < 4.78 is 0. The van der Waals surface area contributed by atoms with Gasteiger partial charge in [-0.2, -0.15) is 0 Å². The Morgan fingerprint density at radius 1 is 1.21 bits per heavy atom. The van der Waals surface area contributed by atoms with Gasteiger partial charge in [-0.15, -0.1) is 0 Å². The van der Waals surface area contributed by atoms with Gasteiger partial charge in [0.25, 0.3) is 0 Å². The first-order valence-corrected chi connectivity index (χ1v) is 9.83. The summed E-state index contributed by atoms with van der Waals surface area (Å²) in [4.78, 5) is 12.2. The van der Waals surface area contributed by atoms with Crippen LogP contribution in [0.4, 0.5) is 0 Å². The summed E-state index contributed by atoms with van der Waals surface area (Å²) in [7, 11) is 0. The zero-order chi connectivity index (χ0) is 17.3. The molecule has 4 aliphatic rings. The lowest BCUT2D eigenvalue weighted by molar-refractivity contribution is -0.140. The molecule has 0 bridgehead atoms. The maximum absolute atomic E-state index is 12.2. The van der Waals surface area contributed by atoms with Gasteiger partial charge in [-0.05, 0) is 80.5 Å². The summed E-state index contributed by atoms with van der Waals surface area (Å²) >= 11 is 0. The molecule has 0 aromatic rings. The molecule has 24 heavy (non-hydrogen) atoms. The van der Waals surface area contributed by atoms with Crippen molar-refractivity contribution in [2.75, 3.05) is 0 Å². The largest absolute Gasteiger partial charge is 0.393 e. The minimum atomic E-state index is -0.319. The van der Waals surface area contributed by atoms with E-state index in [1.807, 2.05) is 0 Å². The minimum absolute atomic E-state index is 0.0255. The number of fused-ring (bicyclic) bond motifs is 5. The molecule has 0 heterocycles. The fraction of sp³-hybridized carbons (Fsp3) is 0.857. The van der Waals surface area contributed by atoms with E-state index in [-0.39, 0.29) is 29.0 Å². The van der Waals surface area contributed by atoms with E-state index in [0.717, 1.165) is 44.9 Å². The highest BCUT2D eigenvalue weighted by molar-refractivity contribution is 5.79. The molecule has 4 rings (SSSR count). The predicted octanol–water partition coefficient (Wildman–Crippen LogP) is 3.49. The summed E-state index contributed by atoms with van der Waals surface area (Å²) in [6.07, 6.45) is 8.39. The maximum atomic E-state index is 12.2. The van der Waals surface area contributed by atoms with Crippen LogP contribution in [-0.4, -0.2) is 28.2 Å². The Balaban J connectivity index is 1.71. The molecule has 0 saturated heterocycles. The second-order valence-electron chi connectivity index (χ2n) is 9.59. The highest BCUT2D eigenvalue weighted by Crippen LogP contribution is 2.66. The zero-order valence-electron chi connectivity index (χ0n) is 15.3. The molecule has 3 heteroatoms. The molecule has 0 spiro atoms. The third-order valence-corrected chi connectivity index (χ3v) is 8.50. The van der Waals surface area contributed by atoms with E-state index in [9.17, 15) is 15.0 Å². The number of aliphatic hydroxyl groups is 2. The van der Waals surface area contributed by atoms with E-state index in [0.29, 0.717) is 23.5 Å². The molecule has 8 atom stereocenters. The summed E-state index contributed by atoms with van der Waals surface area (Å²) in [5.41, 5.74) is 1.39. The van der Waals surface area contributed by atoms with E-state index >= 15 is 0 Å². The average molecular weight is 332 g/mol. The van der Waals surface area contributed by atoms with E-state index in [2.05, 4.69) is 19.9 Å². The molecular weight excluding hydrogens is 300 g/mol. The van der Waals surface area contributed by atoms with Crippen molar-refractivity contribution >= 4 is 5.78 Å². The molecule has 0 aromatic heterocycles. The van der Waals surface area contributed by atoms with E-state index in [1.165, 1.54) is 5.57 Å². The summed E-state index contributed by atoms with van der Waals surface area (Å²) in [5, 5.41) is 21.3. The van der Waals surface area contributed by atoms with Gasteiger partial charge in [0.2, 0.25) is 0 Å². The van der Waals surface area contributed by atoms with Gasteiger partial charge in [-0.25, -0.2) is 0 Å². The normalized spacial score (nSPS) is 53.6. The molecule has 4 aliphatic carbocycles. The van der Waals surface area contributed by atoms with Crippen molar-refractivity contribution in [2.24, 2.45) is 34.5 Å². The Labute approximate surface area is 145 Å². The third-order valence-electron chi connectivity index (χ3n) is 8.50. The smallest absolute Gasteiger partial charge is 0.133 e. The lowest BCUT2D eigenvalue weighted by Crippen LogP contribution is -2.56. The first-order valence-electron chi connectivity index (χ1n) is 9.83. The minimum Gasteiger partial charge on any atom is -0.393 e. The van der Waals surface area contributed by atoms with E-state index < -0.39 is 0 Å². The Bertz CT molecular complexity index is 582. The number of carbonyl (C=O) groups is 1. The first kappa shape index (κ1) is 16.8. The number of carbonyl (C=O) groups excluding carboxylic acids is 1. The second kappa shape index (κ2) is 5.41. The highest BCUT2D eigenvalue weighted by atomic mass is 16.3. The van der Waals surface area contributed by atoms with Crippen molar-refractivity contribution in [1.82, 2.24) is 0 Å². The van der Waals surface area contributed by atoms with Crippen molar-refractivity contribution in [1.29, 1.82) is 0 Å². The Hall–Kier alpha value is -0.670. The average Bonchev–Trinajstić information content (AvgIpc) is 2.84. The van der Waals surface area contributed by atoms with Crippen molar-refractivity contribution in [3.63, 3.8) is 0 Å². The van der Waals surface area contributed by atoms with Crippen molar-refractivity contribution < 1.29 is 15.0 Å². The molecule has 0 aromatic carbocycles. The Kier molecular flexibility index (Phi) is 3.78. The molecule has 134 valence electrons. The van der Waals surface area contributed by atoms with Crippen LogP contribution in [0.3, 0.4) is 0 Å². The standard InChI is InChI=1S/C21H32O3/c1-12(22)16-6-7-17-15-5-4-13-10-14(23)8-9-20(13,2)19(15)18(24)11-21(16,17)3/h4,14-19,23-24H,5-11H2,1-3H3/t14-,15-,16+,17?,18-,19+,20-,21+/m0/s1. The van der Waals surface area contributed by atoms with Crippen LogP contribution in [0.25, 0.3) is 0 Å². The monoisotopic (exact) mass is 332 g/mol. The summed E-state index contributed by atoms with van der Waals surface area (Å²) in [6, 6.07) is 0. The van der Waals surface area contributed by atoms with Crippen molar-refractivity contribution in [2.45, 2.75) is 77.9 Å². The van der Waals surface area contributed by atoms with Crippen LogP contribution in [0.1, 0.15) is 65.7 Å². The molecule has 0 radical (unpaired) electrons. The number of rotatable bonds is 1. The van der Waals surface area contributed by atoms with Crippen LogP contribution in [0.15, 0.2) is 11.6 Å². The zero-order valence-corrected chi connectivity index (χ0v) is 15.3. The third kappa shape index (κ3) is 2.13. The van der Waals surface area contributed by atoms with Crippen LogP contribution >= 0.6 is 0 Å². The molecule has 2 N–H and O–H groups in total. The fourth-order valence-corrected chi connectivity index (χ4v) is 7.44. The van der Waals surface area contributed by atoms with Crippen LogP contribution in [0, 0.1) is 34.5 Å². The fourth-order valence-electron chi connectivity index (χ4n) is 7.44. The van der Waals surface area contributed by atoms with Crippen LogP contribution in [0.2, 0.25) is 0 Å². The molecular formula is C21H32O3. The molecule has 0 amide bonds. The highest BCUT2D eigenvalue weighted by Gasteiger charge is 2.62. The predicted molar refractivity (Wildman–Crippen MR) is 93.3 cm³/mol. The maximum Gasteiger partial charge on any atom is 0.133 e.